The number of carbonyl (C=O) groups excluding carboxylic acids is 1. The summed E-state index contributed by atoms with van der Waals surface area (Å²) in [4.78, 5) is 20.8. The van der Waals surface area contributed by atoms with Crippen LogP contribution in [0.3, 0.4) is 0 Å². The normalized spacial score (nSPS) is 10.9. The van der Waals surface area contributed by atoms with Crippen LogP contribution in [0.5, 0.6) is 0 Å². The van der Waals surface area contributed by atoms with E-state index in [1.54, 1.807) is 29.2 Å². The number of anilines is 1. The Labute approximate surface area is 160 Å². The molecule has 0 aliphatic heterocycles. The van der Waals surface area contributed by atoms with Crippen molar-refractivity contribution in [3.8, 4) is 22.0 Å². The molecule has 0 saturated carbocycles. The second-order valence-corrected chi connectivity index (χ2v) is 7.23. The van der Waals surface area contributed by atoms with E-state index >= 15 is 0 Å². The summed E-state index contributed by atoms with van der Waals surface area (Å²) in [6.07, 6.45) is 1.66. The summed E-state index contributed by atoms with van der Waals surface area (Å²) in [5, 5.41) is 7.24. The number of benzene rings is 1. The van der Waals surface area contributed by atoms with Crippen molar-refractivity contribution in [2.75, 3.05) is 5.32 Å². The highest BCUT2D eigenvalue weighted by Crippen LogP contribution is 2.27. The molecule has 4 aromatic rings. The minimum Gasteiger partial charge on any atom is -0.462 e. The van der Waals surface area contributed by atoms with Gasteiger partial charge in [-0.15, -0.1) is 22.7 Å². The first kappa shape index (κ1) is 17.5. The molecule has 3 aromatic heterocycles. The molecule has 136 valence electrons. The summed E-state index contributed by atoms with van der Waals surface area (Å²) in [5.41, 5.74) is 1.53. The van der Waals surface area contributed by atoms with E-state index in [1.807, 2.05) is 0 Å². The molecule has 9 heteroatoms. The monoisotopic (exact) mass is 403 g/mol. The van der Waals surface area contributed by atoms with Crippen LogP contribution in [0.1, 0.15) is 5.69 Å². The van der Waals surface area contributed by atoms with Crippen LogP contribution in [-0.2, 0) is 11.2 Å². The average Bonchev–Trinajstić information content (AvgIpc) is 3.38. The lowest BCUT2D eigenvalue weighted by Gasteiger charge is -2.00. The third kappa shape index (κ3) is 3.93. The van der Waals surface area contributed by atoms with Gasteiger partial charge in [0.15, 0.2) is 27.5 Å². The Morgan fingerprint density at radius 2 is 2.00 bits per heavy atom. The lowest BCUT2D eigenvalue weighted by atomic mass is 10.2. The van der Waals surface area contributed by atoms with Crippen LogP contribution in [0, 0.1) is 11.6 Å². The number of rotatable bonds is 5. The Morgan fingerprint density at radius 1 is 1.11 bits per heavy atom. The van der Waals surface area contributed by atoms with Gasteiger partial charge in [0.05, 0.1) is 24.1 Å². The molecule has 0 bridgehead atoms. The second-order valence-electron chi connectivity index (χ2n) is 5.51. The third-order valence-electron chi connectivity index (χ3n) is 3.59. The van der Waals surface area contributed by atoms with Crippen molar-refractivity contribution in [2.24, 2.45) is 0 Å². The summed E-state index contributed by atoms with van der Waals surface area (Å²) in [6, 6.07) is 7.13. The number of amides is 1. The van der Waals surface area contributed by atoms with E-state index in [9.17, 15) is 13.6 Å². The van der Waals surface area contributed by atoms with E-state index < -0.39 is 11.6 Å². The van der Waals surface area contributed by atoms with Gasteiger partial charge in [0.25, 0.3) is 0 Å². The van der Waals surface area contributed by atoms with Gasteiger partial charge in [0.1, 0.15) is 0 Å². The predicted molar refractivity (Wildman–Crippen MR) is 99.6 cm³/mol. The van der Waals surface area contributed by atoms with E-state index in [0.717, 1.165) is 12.1 Å². The molecule has 0 radical (unpaired) electrons. The van der Waals surface area contributed by atoms with Crippen LogP contribution >= 0.6 is 22.7 Å². The van der Waals surface area contributed by atoms with Crippen LogP contribution in [0.15, 0.2) is 51.8 Å². The zero-order valence-corrected chi connectivity index (χ0v) is 15.2. The van der Waals surface area contributed by atoms with Gasteiger partial charge in [0, 0.05) is 16.3 Å². The molecule has 27 heavy (non-hydrogen) atoms. The molecule has 0 aliphatic rings. The number of aromatic nitrogens is 2. The van der Waals surface area contributed by atoms with Crippen molar-refractivity contribution in [1.29, 1.82) is 0 Å². The molecule has 0 fully saturated rings. The molecule has 0 aliphatic carbocycles. The van der Waals surface area contributed by atoms with E-state index in [2.05, 4.69) is 15.3 Å². The molecule has 1 aromatic carbocycles. The highest BCUT2D eigenvalue weighted by Gasteiger charge is 2.13. The SMILES string of the molecule is O=C(Cc1csc(-c2ccco2)n1)Nc1nc(-c2ccc(F)c(F)c2)cs1. The molecule has 5 nitrogen and oxygen atoms in total. The Hall–Kier alpha value is -2.91. The van der Waals surface area contributed by atoms with Crippen molar-refractivity contribution in [3.05, 3.63) is 64.7 Å². The maximum absolute atomic E-state index is 13.3. The van der Waals surface area contributed by atoms with E-state index in [1.165, 1.54) is 28.7 Å². The molecular formula is C18H11F2N3O2S2. The first-order valence-corrected chi connectivity index (χ1v) is 9.53. The first-order valence-electron chi connectivity index (χ1n) is 7.77. The number of halogens is 2. The maximum Gasteiger partial charge on any atom is 0.232 e. The highest BCUT2D eigenvalue weighted by atomic mass is 32.1. The van der Waals surface area contributed by atoms with Crippen molar-refractivity contribution in [3.63, 3.8) is 0 Å². The smallest absolute Gasteiger partial charge is 0.232 e. The molecule has 1 N–H and O–H groups in total. The minimum absolute atomic E-state index is 0.0945. The standard InChI is InChI=1S/C18H11F2N3O2S2/c19-12-4-3-10(6-13(12)20)14-9-27-18(22-14)23-16(24)7-11-8-26-17(21-11)15-2-1-5-25-15/h1-6,8-9H,7H2,(H,22,23,24). The lowest BCUT2D eigenvalue weighted by Crippen LogP contribution is -2.14. The number of hydrogen-bond acceptors (Lipinski definition) is 6. The van der Waals surface area contributed by atoms with Crippen molar-refractivity contribution in [1.82, 2.24) is 9.97 Å². The van der Waals surface area contributed by atoms with Crippen molar-refractivity contribution < 1.29 is 18.0 Å². The third-order valence-corrected chi connectivity index (χ3v) is 5.25. The highest BCUT2D eigenvalue weighted by molar-refractivity contribution is 7.14. The lowest BCUT2D eigenvalue weighted by molar-refractivity contribution is -0.115. The van der Waals surface area contributed by atoms with Gasteiger partial charge < -0.3 is 9.73 Å². The van der Waals surface area contributed by atoms with Gasteiger partial charge >= 0.3 is 0 Å². The van der Waals surface area contributed by atoms with Crippen molar-refractivity contribution >= 4 is 33.7 Å². The van der Waals surface area contributed by atoms with Crippen LogP contribution in [-0.4, -0.2) is 15.9 Å². The number of nitrogens with zero attached hydrogens (tertiary/aromatic N) is 2. The maximum atomic E-state index is 13.3. The molecule has 1 amide bonds. The molecule has 0 atom stereocenters. The number of carbonyl (C=O) groups is 1. The molecule has 3 heterocycles. The van der Waals surface area contributed by atoms with Crippen LogP contribution in [0.2, 0.25) is 0 Å². The average molecular weight is 403 g/mol. The van der Waals surface area contributed by atoms with Crippen LogP contribution in [0.4, 0.5) is 13.9 Å². The molecular weight excluding hydrogens is 392 g/mol. The molecule has 0 saturated heterocycles. The molecule has 0 unspecified atom stereocenters. The summed E-state index contributed by atoms with van der Waals surface area (Å²) in [7, 11) is 0. The fraction of sp³-hybridized carbons (Fsp3) is 0.0556. The Morgan fingerprint density at radius 3 is 2.78 bits per heavy atom. The Kier molecular flexibility index (Phi) is 4.78. The zero-order valence-electron chi connectivity index (χ0n) is 13.6. The summed E-state index contributed by atoms with van der Waals surface area (Å²) in [6.45, 7) is 0. The van der Waals surface area contributed by atoms with Crippen LogP contribution < -0.4 is 5.32 Å². The zero-order chi connectivity index (χ0) is 18.8. The summed E-state index contributed by atoms with van der Waals surface area (Å²) >= 11 is 2.60. The minimum atomic E-state index is -0.943. The fourth-order valence-electron chi connectivity index (χ4n) is 2.35. The van der Waals surface area contributed by atoms with Gasteiger partial charge in [-0.25, -0.2) is 18.7 Å². The van der Waals surface area contributed by atoms with E-state index in [0.29, 0.717) is 32.9 Å². The van der Waals surface area contributed by atoms with Crippen molar-refractivity contribution in [2.45, 2.75) is 6.42 Å². The fourth-order valence-corrected chi connectivity index (χ4v) is 3.87. The number of furan rings is 1. The quantitative estimate of drug-likeness (QED) is 0.510. The van der Waals surface area contributed by atoms with E-state index in [4.69, 9.17) is 4.42 Å². The largest absolute Gasteiger partial charge is 0.462 e. The molecule has 0 spiro atoms. The molecule has 4 rings (SSSR count). The number of nitrogens with one attached hydrogen (secondary N) is 1. The van der Waals surface area contributed by atoms with Gasteiger partial charge in [-0.1, -0.05) is 0 Å². The van der Waals surface area contributed by atoms with Gasteiger partial charge in [-0.2, -0.15) is 0 Å². The van der Waals surface area contributed by atoms with Crippen LogP contribution in [0.25, 0.3) is 22.0 Å². The Balaban J connectivity index is 1.41. The first-order chi connectivity index (χ1) is 13.1. The van der Waals surface area contributed by atoms with E-state index in [-0.39, 0.29) is 12.3 Å². The number of hydrogen-bond donors (Lipinski definition) is 1. The Bertz CT molecular complexity index is 1090. The predicted octanol–water partition coefficient (Wildman–Crippen LogP) is 4.99. The number of thiazole rings is 2. The summed E-state index contributed by atoms with van der Waals surface area (Å²) in [5.74, 6) is -1.47. The van der Waals surface area contributed by atoms with Gasteiger partial charge in [-0.3, -0.25) is 4.79 Å². The summed E-state index contributed by atoms with van der Waals surface area (Å²) < 4.78 is 31.7. The van der Waals surface area contributed by atoms with Gasteiger partial charge in [0.2, 0.25) is 5.91 Å². The second kappa shape index (κ2) is 7.37. The van der Waals surface area contributed by atoms with Gasteiger partial charge in [-0.05, 0) is 30.3 Å². The topological polar surface area (TPSA) is 68.0 Å².